The molecule has 26 heavy (non-hydrogen) atoms. The van der Waals surface area contributed by atoms with Crippen molar-refractivity contribution >= 4 is 57.3 Å². The average Bonchev–Trinajstić information content (AvgIpc) is 3.13. The number of carbonyl (C=O) groups is 4. The Morgan fingerprint density at radius 3 is 2.58 bits per heavy atom. The Labute approximate surface area is 155 Å². The van der Waals surface area contributed by atoms with Crippen LogP contribution >= 0.6 is 23.1 Å². The molecule has 8 nitrogen and oxygen atoms in total. The number of imide groups is 1. The lowest BCUT2D eigenvalue weighted by Gasteiger charge is -2.02. The maximum absolute atomic E-state index is 12.2. The van der Waals surface area contributed by atoms with E-state index in [1.807, 2.05) is 0 Å². The zero-order valence-corrected chi connectivity index (χ0v) is 14.8. The van der Waals surface area contributed by atoms with Crippen molar-refractivity contribution in [2.75, 3.05) is 5.32 Å². The SMILES string of the molecule is NC(=O)Cc1csc(NC(=O)c2ccc(/C=C3/SC(=O)NC3=O)cc2)n1. The highest BCUT2D eigenvalue weighted by Gasteiger charge is 2.24. The monoisotopic (exact) mass is 388 g/mol. The van der Waals surface area contributed by atoms with Crippen molar-refractivity contribution in [3.8, 4) is 0 Å². The molecule has 2 heterocycles. The molecule has 1 aliphatic heterocycles. The first-order chi connectivity index (χ1) is 12.4. The van der Waals surface area contributed by atoms with Crippen molar-refractivity contribution in [2.24, 2.45) is 5.73 Å². The summed E-state index contributed by atoms with van der Waals surface area (Å²) in [6.45, 7) is 0. The Balaban J connectivity index is 1.66. The summed E-state index contributed by atoms with van der Waals surface area (Å²) < 4.78 is 0. The topological polar surface area (TPSA) is 131 Å². The quantitative estimate of drug-likeness (QED) is 0.669. The van der Waals surface area contributed by atoms with E-state index in [1.54, 1.807) is 35.7 Å². The first kappa shape index (κ1) is 17.8. The first-order valence-corrected chi connectivity index (χ1v) is 8.99. The number of aromatic nitrogens is 1. The molecule has 132 valence electrons. The van der Waals surface area contributed by atoms with E-state index in [2.05, 4.69) is 15.6 Å². The van der Waals surface area contributed by atoms with Gasteiger partial charge in [-0.25, -0.2) is 4.98 Å². The average molecular weight is 388 g/mol. The van der Waals surface area contributed by atoms with Crippen LogP contribution < -0.4 is 16.4 Å². The van der Waals surface area contributed by atoms with Gasteiger partial charge in [-0.3, -0.25) is 29.8 Å². The maximum Gasteiger partial charge on any atom is 0.290 e. The number of anilines is 1. The summed E-state index contributed by atoms with van der Waals surface area (Å²) >= 11 is 2.03. The predicted molar refractivity (Wildman–Crippen MR) is 98.5 cm³/mol. The van der Waals surface area contributed by atoms with E-state index in [0.29, 0.717) is 26.9 Å². The number of hydrogen-bond acceptors (Lipinski definition) is 7. The Bertz CT molecular complexity index is 934. The van der Waals surface area contributed by atoms with Gasteiger partial charge in [-0.05, 0) is 35.5 Å². The number of amides is 4. The second-order valence-electron chi connectivity index (χ2n) is 5.22. The van der Waals surface area contributed by atoms with Crippen LogP contribution in [-0.2, 0) is 16.0 Å². The van der Waals surface area contributed by atoms with Crippen LogP contribution in [0.3, 0.4) is 0 Å². The summed E-state index contributed by atoms with van der Waals surface area (Å²) in [5.41, 5.74) is 6.69. The summed E-state index contributed by atoms with van der Waals surface area (Å²) in [5, 5.41) is 6.44. The minimum Gasteiger partial charge on any atom is -0.369 e. The number of nitrogens with two attached hydrogens (primary N) is 1. The molecule has 2 aromatic rings. The van der Waals surface area contributed by atoms with Gasteiger partial charge < -0.3 is 5.73 Å². The van der Waals surface area contributed by atoms with Gasteiger partial charge in [0.05, 0.1) is 17.0 Å². The highest BCUT2D eigenvalue weighted by molar-refractivity contribution is 8.18. The minimum atomic E-state index is -0.492. The second-order valence-corrected chi connectivity index (χ2v) is 7.09. The summed E-state index contributed by atoms with van der Waals surface area (Å²) in [6.07, 6.45) is 1.59. The second kappa shape index (κ2) is 7.50. The molecule has 0 aliphatic carbocycles. The van der Waals surface area contributed by atoms with Crippen LogP contribution in [0.25, 0.3) is 6.08 Å². The Hall–Kier alpha value is -2.98. The lowest BCUT2D eigenvalue weighted by molar-refractivity contribution is -0.117. The molecule has 0 unspecified atom stereocenters. The molecule has 4 N–H and O–H groups in total. The summed E-state index contributed by atoms with van der Waals surface area (Å²) in [7, 11) is 0. The van der Waals surface area contributed by atoms with E-state index in [-0.39, 0.29) is 12.3 Å². The fourth-order valence-electron chi connectivity index (χ4n) is 2.10. The number of primary amides is 1. The standard InChI is InChI=1S/C16H12N4O4S2/c17-12(21)6-10-7-25-15(18-10)19-13(22)9-3-1-8(2-4-9)5-11-14(23)20-16(24)26-11/h1-5,7H,6H2,(H2,17,21)(H,18,19,22)(H,20,23,24)/b11-5+. The molecule has 0 spiro atoms. The third kappa shape index (κ3) is 4.35. The zero-order valence-electron chi connectivity index (χ0n) is 13.1. The predicted octanol–water partition coefficient (Wildman–Crippen LogP) is 1.75. The molecule has 0 radical (unpaired) electrons. The Morgan fingerprint density at radius 2 is 1.96 bits per heavy atom. The number of carbonyl (C=O) groups excluding carboxylic acids is 4. The fourth-order valence-corrected chi connectivity index (χ4v) is 3.48. The molecule has 0 bridgehead atoms. The summed E-state index contributed by atoms with van der Waals surface area (Å²) in [5.74, 6) is -1.28. The molecule has 1 aromatic carbocycles. The molecule has 0 atom stereocenters. The van der Waals surface area contributed by atoms with Crippen molar-refractivity contribution < 1.29 is 19.2 Å². The van der Waals surface area contributed by atoms with Gasteiger partial charge in [-0.1, -0.05) is 12.1 Å². The summed E-state index contributed by atoms with van der Waals surface area (Å²) in [4.78, 5) is 50.2. The van der Waals surface area contributed by atoms with E-state index >= 15 is 0 Å². The van der Waals surface area contributed by atoms with E-state index < -0.39 is 17.1 Å². The first-order valence-electron chi connectivity index (χ1n) is 7.29. The zero-order chi connectivity index (χ0) is 18.7. The fraction of sp³-hybridized carbons (Fsp3) is 0.0625. The van der Waals surface area contributed by atoms with Crippen LogP contribution in [-0.4, -0.2) is 27.9 Å². The molecule has 1 saturated heterocycles. The summed E-state index contributed by atoms with van der Waals surface area (Å²) in [6, 6.07) is 6.52. The minimum absolute atomic E-state index is 0.0177. The van der Waals surface area contributed by atoms with E-state index in [0.717, 1.165) is 11.8 Å². The van der Waals surface area contributed by atoms with Crippen LogP contribution in [0.2, 0.25) is 0 Å². The van der Waals surface area contributed by atoms with E-state index in [4.69, 9.17) is 5.73 Å². The highest BCUT2D eigenvalue weighted by atomic mass is 32.2. The number of nitrogens with one attached hydrogen (secondary N) is 2. The van der Waals surface area contributed by atoms with Gasteiger partial charge in [0, 0.05) is 10.9 Å². The van der Waals surface area contributed by atoms with E-state index in [9.17, 15) is 19.2 Å². The van der Waals surface area contributed by atoms with Crippen molar-refractivity contribution in [3.05, 3.63) is 51.4 Å². The lowest BCUT2D eigenvalue weighted by atomic mass is 10.1. The lowest BCUT2D eigenvalue weighted by Crippen LogP contribution is -2.17. The van der Waals surface area contributed by atoms with Crippen LogP contribution in [0.15, 0.2) is 34.6 Å². The Kier molecular flexibility index (Phi) is 5.14. The molecule has 10 heteroatoms. The number of nitrogens with zero attached hydrogens (tertiary/aromatic N) is 1. The number of rotatable bonds is 5. The van der Waals surface area contributed by atoms with E-state index in [1.165, 1.54) is 11.3 Å². The van der Waals surface area contributed by atoms with Gasteiger partial charge in [0.25, 0.3) is 17.1 Å². The molecular weight excluding hydrogens is 376 g/mol. The maximum atomic E-state index is 12.2. The van der Waals surface area contributed by atoms with Crippen molar-refractivity contribution in [3.63, 3.8) is 0 Å². The highest BCUT2D eigenvalue weighted by Crippen LogP contribution is 2.25. The number of thiazole rings is 1. The third-order valence-electron chi connectivity index (χ3n) is 3.24. The van der Waals surface area contributed by atoms with Crippen LogP contribution in [0.5, 0.6) is 0 Å². The Morgan fingerprint density at radius 1 is 1.23 bits per heavy atom. The normalized spacial score (nSPS) is 15.2. The van der Waals surface area contributed by atoms with Gasteiger partial charge in [0.2, 0.25) is 5.91 Å². The molecule has 1 fully saturated rings. The largest absolute Gasteiger partial charge is 0.369 e. The molecule has 1 aliphatic rings. The van der Waals surface area contributed by atoms with Gasteiger partial charge in [-0.15, -0.1) is 11.3 Å². The van der Waals surface area contributed by atoms with Crippen molar-refractivity contribution in [2.45, 2.75) is 6.42 Å². The van der Waals surface area contributed by atoms with Crippen molar-refractivity contribution in [1.29, 1.82) is 0 Å². The number of benzene rings is 1. The van der Waals surface area contributed by atoms with Gasteiger partial charge in [-0.2, -0.15) is 0 Å². The molecule has 1 aromatic heterocycles. The molecule has 4 amide bonds. The molecule has 0 saturated carbocycles. The number of hydrogen-bond donors (Lipinski definition) is 3. The number of thioether (sulfide) groups is 1. The smallest absolute Gasteiger partial charge is 0.290 e. The third-order valence-corrected chi connectivity index (χ3v) is 4.86. The van der Waals surface area contributed by atoms with Crippen LogP contribution in [0, 0.1) is 0 Å². The van der Waals surface area contributed by atoms with Gasteiger partial charge in [0.15, 0.2) is 5.13 Å². The van der Waals surface area contributed by atoms with Crippen molar-refractivity contribution in [1.82, 2.24) is 10.3 Å². The van der Waals surface area contributed by atoms with Gasteiger partial charge >= 0.3 is 0 Å². The molecular formula is C16H12N4O4S2. The van der Waals surface area contributed by atoms with Crippen LogP contribution in [0.1, 0.15) is 21.6 Å². The molecule has 3 rings (SSSR count). The van der Waals surface area contributed by atoms with Crippen LogP contribution in [0.4, 0.5) is 9.93 Å². The van der Waals surface area contributed by atoms with Gasteiger partial charge in [0.1, 0.15) is 0 Å².